The largest absolute Gasteiger partial charge is 0.373 e. The Labute approximate surface area is 73.0 Å². The Balaban J connectivity index is 1.64. The van der Waals surface area contributed by atoms with E-state index in [0.717, 1.165) is 32.7 Å². The van der Waals surface area contributed by atoms with Crippen LogP contribution >= 0.6 is 0 Å². The highest BCUT2D eigenvalue weighted by atomic mass is 16.6. The van der Waals surface area contributed by atoms with Crippen molar-refractivity contribution in [2.24, 2.45) is 0 Å². The molecule has 3 atom stereocenters. The topological polar surface area (TPSA) is 34.3 Å². The first-order valence-corrected chi connectivity index (χ1v) is 4.75. The fourth-order valence-corrected chi connectivity index (χ4v) is 1.33. The normalized spacial score (nSPS) is 34.8. The summed E-state index contributed by atoms with van der Waals surface area (Å²) in [5.74, 6) is 0. The molecule has 3 heteroatoms. The molecule has 0 radical (unpaired) electrons. The first-order chi connectivity index (χ1) is 5.90. The number of hydrogen-bond donors (Lipinski definition) is 0. The molecule has 0 amide bonds. The summed E-state index contributed by atoms with van der Waals surface area (Å²) in [6.07, 6.45) is 3.35. The van der Waals surface area contributed by atoms with Crippen LogP contribution in [-0.4, -0.2) is 38.1 Å². The van der Waals surface area contributed by atoms with Crippen LogP contribution in [0.5, 0.6) is 0 Å². The molecule has 0 aliphatic carbocycles. The van der Waals surface area contributed by atoms with Crippen LogP contribution in [-0.2, 0) is 14.2 Å². The van der Waals surface area contributed by atoms with Crippen molar-refractivity contribution in [3.8, 4) is 0 Å². The molecule has 0 aromatic carbocycles. The molecule has 2 fully saturated rings. The van der Waals surface area contributed by atoms with E-state index in [0.29, 0.717) is 18.3 Å². The van der Waals surface area contributed by atoms with Crippen LogP contribution in [0.15, 0.2) is 0 Å². The summed E-state index contributed by atoms with van der Waals surface area (Å²) >= 11 is 0. The van der Waals surface area contributed by atoms with Gasteiger partial charge >= 0.3 is 0 Å². The molecule has 12 heavy (non-hydrogen) atoms. The molecule has 3 nitrogen and oxygen atoms in total. The van der Waals surface area contributed by atoms with E-state index >= 15 is 0 Å². The molecule has 0 saturated carbocycles. The van der Waals surface area contributed by atoms with Crippen molar-refractivity contribution in [2.75, 3.05) is 19.8 Å². The minimum atomic E-state index is 0.319. The van der Waals surface area contributed by atoms with Crippen LogP contribution in [0.1, 0.15) is 19.8 Å². The Morgan fingerprint density at radius 2 is 2.17 bits per heavy atom. The molecule has 3 unspecified atom stereocenters. The van der Waals surface area contributed by atoms with Crippen molar-refractivity contribution in [2.45, 2.75) is 38.1 Å². The zero-order valence-electron chi connectivity index (χ0n) is 7.49. The van der Waals surface area contributed by atoms with Crippen LogP contribution in [0.3, 0.4) is 0 Å². The number of epoxide rings is 2. The highest BCUT2D eigenvalue weighted by molar-refractivity contribution is 4.81. The first kappa shape index (κ1) is 8.48. The van der Waals surface area contributed by atoms with E-state index in [1.54, 1.807) is 0 Å². The average molecular weight is 172 g/mol. The van der Waals surface area contributed by atoms with Crippen LogP contribution in [0.4, 0.5) is 0 Å². The van der Waals surface area contributed by atoms with Gasteiger partial charge in [0.1, 0.15) is 12.2 Å². The Kier molecular flexibility index (Phi) is 2.63. The van der Waals surface area contributed by atoms with Gasteiger partial charge in [-0.05, 0) is 6.42 Å². The van der Waals surface area contributed by atoms with Crippen molar-refractivity contribution in [3.05, 3.63) is 0 Å². The standard InChI is InChI=1S/C9H16O3/c1-2-3-8(9-6-12-9)11-5-7-4-10-7/h7-9H,2-6H2,1H3. The summed E-state index contributed by atoms with van der Waals surface area (Å²) in [6.45, 7) is 4.69. The van der Waals surface area contributed by atoms with Gasteiger partial charge in [0.2, 0.25) is 0 Å². The van der Waals surface area contributed by atoms with Gasteiger partial charge in [0.25, 0.3) is 0 Å². The van der Waals surface area contributed by atoms with Gasteiger partial charge in [-0.15, -0.1) is 0 Å². The lowest BCUT2D eigenvalue weighted by atomic mass is 10.1. The van der Waals surface area contributed by atoms with Gasteiger partial charge in [-0.3, -0.25) is 0 Å². The maximum absolute atomic E-state index is 5.68. The molecule has 2 heterocycles. The maximum atomic E-state index is 5.68. The predicted octanol–water partition coefficient (Wildman–Crippen LogP) is 0.969. The molecule has 2 saturated heterocycles. The van der Waals surface area contributed by atoms with Crippen molar-refractivity contribution < 1.29 is 14.2 Å². The third kappa shape index (κ3) is 2.44. The molecule has 2 aliphatic heterocycles. The van der Waals surface area contributed by atoms with E-state index in [9.17, 15) is 0 Å². The lowest BCUT2D eigenvalue weighted by molar-refractivity contribution is 0.0190. The highest BCUT2D eigenvalue weighted by Crippen LogP contribution is 2.22. The van der Waals surface area contributed by atoms with Crippen molar-refractivity contribution in [3.63, 3.8) is 0 Å². The summed E-state index contributed by atoms with van der Waals surface area (Å²) in [7, 11) is 0. The average Bonchev–Trinajstić information content (AvgIpc) is 2.86. The molecular formula is C9H16O3. The van der Waals surface area contributed by atoms with Gasteiger partial charge in [-0.25, -0.2) is 0 Å². The van der Waals surface area contributed by atoms with E-state index in [2.05, 4.69) is 6.92 Å². The second-order valence-electron chi connectivity index (χ2n) is 3.49. The van der Waals surface area contributed by atoms with E-state index in [4.69, 9.17) is 14.2 Å². The summed E-state index contributed by atoms with van der Waals surface area (Å²) in [5, 5.41) is 0. The molecule has 2 rings (SSSR count). The SMILES string of the molecule is CCCC(OCC1CO1)C1CO1. The fourth-order valence-electron chi connectivity index (χ4n) is 1.33. The Morgan fingerprint density at radius 3 is 2.67 bits per heavy atom. The van der Waals surface area contributed by atoms with Crippen LogP contribution in [0, 0.1) is 0 Å². The summed E-state index contributed by atoms with van der Waals surface area (Å²) in [6, 6.07) is 0. The molecular weight excluding hydrogens is 156 g/mol. The minimum Gasteiger partial charge on any atom is -0.373 e. The zero-order chi connectivity index (χ0) is 8.39. The number of ether oxygens (including phenoxy) is 3. The van der Waals surface area contributed by atoms with E-state index in [1.165, 1.54) is 0 Å². The zero-order valence-corrected chi connectivity index (χ0v) is 7.49. The quantitative estimate of drug-likeness (QED) is 0.560. The second-order valence-corrected chi connectivity index (χ2v) is 3.49. The first-order valence-electron chi connectivity index (χ1n) is 4.75. The Morgan fingerprint density at radius 1 is 1.42 bits per heavy atom. The third-order valence-corrected chi connectivity index (χ3v) is 2.25. The molecule has 0 aromatic rings. The lowest BCUT2D eigenvalue weighted by Gasteiger charge is -2.13. The summed E-state index contributed by atoms with van der Waals surface area (Å²) in [4.78, 5) is 0. The van der Waals surface area contributed by atoms with Gasteiger partial charge in [0, 0.05) is 0 Å². The van der Waals surface area contributed by atoms with Gasteiger partial charge in [-0.2, -0.15) is 0 Å². The second kappa shape index (κ2) is 3.73. The monoisotopic (exact) mass is 172 g/mol. The lowest BCUT2D eigenvalue weighted by Crippen LogP contribution is -2.21. The van der Waals surface area contributed by atoms with Crippen molar-refractivity contribution in [1.82, 2.24) is 0 Å². The highest BCUT2D eigenvalue weighted by Gasteiger charge is 2.34. The van der Waals surface area contributed by atoms with Gasteiger partial charge < -0.3 is 14.2 Å². The van der Waals surface area contributed by atoms with E-state index in [1.807, 2.05) is 0 Å². The number of hydrogen-bond acceptors (Lipinski definition) is 3. The van der Waals surface area contributed by atoms with Crippen LogP contribution < -0.4 is 0 Å². The Bertz CT molecular complexity index is 141. The van der Waals surface area contributed by atoms with Crippen LogP contribution in [0.2, 0.25) is 0 Å². The number of rotatable bonds is 6. The predicted molar refractivity (Wildman–Crippen MR) is 44.1 cm³/mol. The van der Waals surface area contributed by atoms with E-state index < -0.39 is 0 Å². The maximum Gasteiger partial charge on any atom is 0.107 e. The smallest absolute Gasteiger partial charge is 0.107 e. The van der Waals surface area contributed by atoms with Gasteiger partial charge in [0.05, 0.1) is 25.9 Å². The fraction of sp³-hybridized carbons (Fsp3) is 1.00. The molecule has 0 aromatic heterocycles. The van der Waals surface area contributed by atoms with Crippen LogP contribution in [0.25, 0.3) is 0 Å². The van der Waals surface area contributed by atoms with E-state index in [-0.39, 0.29) is 0 Å². The molecule has 2 aliphatic rings. The molecule has 0 spiro atoms. The molecule has 70 valence electrons. The third-order valence-electron chi connectivity index (χ3n) is 2.25. The molecule has 0 bridgehead atoms. The summed E-state index contributed by atoms with van der Waals surface area (Å²) in [5.41, 5.74) is 0. The van der Waals surface area contributed by atoms with Gasteiger partial charge in [0.15, 0.2) is 0 Å². The van der Waals surface area contributed by atoms with Crippen molar-refractivity contribution >= 4 is 0 Å². The summed E-state index contributed by atoms with van der Waals surface area (Å²) < 4.78 is 16.0. The van der Waals surface area contributed by atoms with Crippen molar-refractivity contribution in [1.29, 1.82) is 0 Å². The van der Waals surface area contributed by atoms with Gasteiger partial charge in [-0.1, -0.05) is 13.3 Å². The Hall–Kier alpha value is -0.120. The minimum absolute atomic E-state index is 0.319. The molecule has 0 N–H and O–H groups in total.